The van der Waals surface area contributed by atoms with Crippen molar-refractivity contribution in [2.45, 2.75) is 19.3 Å². The van der Waals surface area contributed by atoms with Gasteiger partial charge in [0.15, 0.2) is 11.6 Å². The molecular formula is C33H23NO2S2. The molecule has 184 valence electrons. The van der Waals surface area contributed by atoms with Gasteiger partial charge in [0, 0.05) is 54.1 Å². The molecule has 2 aromatic heterocycles. The minimum atomic E-state index is -0.213. The van der Waals surface area contributed by atoms with Gasteiger partial charge in [-0.3, -0.25) is 9.59 Å². The number of nitrogens with zero attached hydrogens (tertiary/aromatic N) is 1. The summed E-state index contributed by atoms with van der Waals surface area (Å²) in [6.07, 6.45) is 1.79. The minimum Gasteiger partial charge on any atom is -0.310 e. The molecule has 0 atom stereocenters. The molecule has 5 aromatic rings. The van der Waals surface area contributed by atoms with Gasteiger partial charge >= 0.3 is 0 Å². The summed E-state index contributed by atoms with van der Waals surface area (Å²) in [5.74, 6) is -0.322. The largest absolute Gasteiger partial charge is 0.310 e. The van der Waals surface area contributed by atoms with Crippen LogP contribution >= 0.6 is 22.7 Å². The highest BCUT2D eigenvalue weighted by Gasteiger charge is 2.39. The van der Waals surface area contributed by atoms with Gasteiger partial charge in [0.05, 0.1) is 5.57 Å². The summed E-state index contributed by atoms with van der Waals surface area (Å²) in [7, 11) is 0. The average Bonchev–Trinajstić information content (AvgIpc) is 3.68. The number of carbonyl (C=O) groups is 2. The normalized spacial score (nSPS) is 14.8. The molecule has 0 bridgehead atoms. The van der Waals surface area contributed by atoms with Crippen molar-refractivity contribution in [1.82, 2.24) is 0 Å². The van der Waals surface area contributed by atoms with E-state index in [0.717, 1.165) is 21.9 Å². The van der Waals surface area contributed by atoms with Crippen LogP contribution < -0.4 is 4.90 Å². The zero-order valence-electron chi connectivity index (χ0n) is 20.9. The lowest BCUT2D eigenvalue weighted by molar-refractivity contribution is 0.0990. The van der Waals surface area contributed by atoms with Crippen molar-refractivity contribution in [2.24, 2.45) is 0 Å². The number of Topliss-reactive ketones (excluding diaryl/α,β-unsaturated/α-hetero) is 2. The summed E-state index contributed by atoms with van der Waals surface area (Å²) in [5, 5.41) is 3.55. The Labute approximate surface area is 229 Å². The number of rotatable bonds is 4. The molecule has 0 spiro atoms. The van der Waals surface area contributed by atoms with Gasteiger partial charge in [-0.25, -0.2) is 0 Å². The highest BCUT2D eigenvalue weighted by atomic mass is 32.1. The van der Waals surface area contributed by atoms with Gasteiger partial charge in [-0.1, -0.05) is 56.3 Å². The predicted molar refractivity (Wildman–Crippen MR) is 158 cm³/mol. The molecule has 2 aliphatic carbocycles. The van der Waals surface area contributed by atoms with Crippen LogP contribution in [0.25, 0.3) is 16.5 Å². The maximum absolute atomic E-state index is 12.8. The summed E-state index contributed by atoms with van der Waals surface area (Å²) >= 11 is 3.05. The second-order valence-electron chi connectivity index (χ2n) is 10.2. The van der Waals surface area contributed by atoms with Gasteiger partial charge in [-0.15, -0.1) is 11.3 Å². The number of anilines is 3. The molecule has 2 aliphatic rings. The molecule has 5 heteroatoms. The second-order valence-corrected chi connectivity index (χ2v) is 12.0. The van der Waals surface area contributed by atoms with Crippen molar-refractivity contribution < 1.29 is 9.59 Å². The number of thiophene rings is 2. The molecule has 38 heavy (non-hydrogen) atoms. The average molecular weight is 530 g/mol. The Hall–Kier alpha value is -4.06. The summed E-state index contributed by atoms with van der Waals surface area (Å²) in [6, 6.07) is 29.7. The van der Waals surface area contributed by atoms with Crippen molar-refractivity contribution >= 4 is 57.4 Å². The summed E-state index contributed by atoms with van der Waals surface area (Å²) in [5.41, 5.74) is 8.19. The van der Waals surface area contributed by atoms with Crippen LogP contribution in [0.15, 0.2) is 101 Å². The molecule has 2 heterocycles. The van der Waals surface area contributed by atoms with Crippen molar-refractivity contribution in [3.63, 3.8) is 0 Å². The Balaban J connectivity index is 1.30. The van der Waals surface area contributed by atoms with Crippen LogP contribution in [0.5, 0.6) is 0 Å². The molecule has 0 unspecified atom stereocenters. The van der Waals surface area contributed by atoms with Gasteiger partial charge in [0.2, 0.25) is 0 Å². The van der Waals surface area contributed by atoms with E-state index in [0.29, 0.717) is 11.1 Å². The Morgan fingerprint density at radius 2 is 1.29 bits per heavy atom. The first-order chi connectivity index (χ1) is 18.4. The third-order valence-electron chi connectivity index (χ3n) is 7.56. The lowest BCUT2D eigenvalue weighted by Gasteiger charge is -2.28. The molecular weight excluding hydrogens is 507 g/mol. The highest BCUT2D eigenvalue weighted by molar-refractivity contribution is 7.16. The van der Waals surface area contributed by atoms with Crippen LogP contribution in [0.1, 0.15) is 50.6 Å². The molecule has 0 aliphatic heterocycles. The van der Waals surface area contributed by atoms with Gasteiger partial charge in [0.1, 0.15) is 0 Å². The standard InChI is InChI=1S/C33H23NO2S2/c1-33(2)28-15-22(34(20-9-5-3-6-10-20)21-11-7-4-8-12-21)13-14-24(28)32-29(33)17-23(38-32)16-25-30(35)26-18-37-19-27(26)31(25)36/h3-19H,1-2H3. The van der Waals surface area contributed by atoms with E-state index >= 15 is 0 Å². The third kappa shape index (κ3) is 3.39. The molecule has 0 saturated heterocycles. The zero-order valence-corrected chi connectivity index (χ0v) is 22.5. The van der Waals surface area contributed by atoms with Crippen LogP contribution in [0.3, 0.4) is 0 Å². The van der Waals surface area contributed by atoms with Crippen molar-refractivity contribution in [3.05, 3.63) is 128 Å². The quantitative estimate of drug-likeness (QED) is 0.172. The molecule has 0 radical (unpaired) electrons. The summed E-state index contributed by atoms with van der Waals surface area (Å²) < 4.78 is 0. The topological polar surface area (TPSA) is 37.4 Å². The molecule has 3 aromatic carbocycles. The Bertz CT molecular complexity index is 1700. The van der Waals surface area contributed by atoms with Crippen molar-refractivity contribution in [1.29, 1.82) is 0 Å². The van der Waals surface area contributed by atoms with Gasteiger partial charge in [-0.2, -0.15) is 11.3 Å². The van der Waals surface area contributed by atoms with Crippen LogP contribution in [-0.4, -0.2) is 11.6 Å². The van der Waals surface area contributed by atoms with E-state index in [2.05, 4.69) is 91.5 Å². The number of fused-ring (bicyclic) bond motifs is 4. The molecule has 0 amide bonds. The van der Waals surface area contributed by atoms with E-state index in [1.54, 1.807) is 28.2 Å². The zero-order chi connectivity index (χ0) is 26.0. The fourth-order valence-corrected chi connectivity index (χ4v) is 7.70. The maximum Gasteiger partial charge on any atom is 0.198 e. The minimum absolute atomic E-state index is 0.161. The van der Waals surface area contributed by atoms with Gasteiger partial charge in [0.25, 0.3) is 0 Å². The van der Waals surface area contributed by atoms with Crippen LogP contribution in [0.2, 0.25) is 0 Å². The van der Waals surface area contributed by atoms with E-state index < -0.39 is 0 Å². The fourth-order valence-electron chi connectivity index (χ4n) is 5.59. The molecule has 3 nitrogen and oxygen atoms in total. The Kier molecular flexibility index (Phi) is 5.15. The number of hydrogen-bond donors (Lipinski definition) is 0. The lowest BCUT2D eigenvalue weighted by atomic mass is 9.82. The molecule has 0 saturated carbocycles. The number of allylic oxidation sites excluding steroid dienone is 1. The Morgan fingerprint density at radius 1 is 0.684 bits per heavy atom. The van der Waals surface area contributed by atoms with Crippen LogP contribution in [-0.2, 0) is 5.41 Å². The number of para-hydroxylation sites is 2. The summed E-state index contributed by atoms with van der Waals surface area (Å²) in [4.78, 5) is 30.1. The summed E-state index contributed by atoms with van der Waals surface area (Å²) in [6.45, 7) is 4.51. The van der Waals surface area contributed by atoms with Crippen molar-refractivity contribution in [2.75, 3.05) is 4.90 Å². The van der Waals surface area contributed by atoms with E-state index in [1.165, 1.54) is 32.9 Å². The molecule has 0 N–H and O–H groups in total. The number of benzene rings is 3. The van der Waals surface area contributed by atoms with E-state index in [4.69, 9.17) is 0 Å². The van der Waals surface area contributed by atoms with E-state index in [-0.39, 0.29) is 22.6 Å². The molecule has 7 rings (SSSR count). The number of hydrogen-bond acceptors (Lipinski definition) is 5. The first-order valence-electron chi connectivity index (χ1n) is 12.5. The van der Waals surface area contributed by atoms with E-state index in [1.807, 2.05) is 12.1 Å². The maximum atomic E-state index is 12.8. The smallest absolute Gasteiger partial charge is 0.198 e. The monoisotopic (exact) mass is 529 g/mol. The highest BCUT2D eigenvalue weighted by Crippen LogP contribution is 2.54. The number of carbonyl (C=O) groups excluding carboxylic acids is 2. The lowest BCUT2D eigenvalue weighted by Crippen LogP contribution is -2.16. The first kappa shape index (κ1) is 23.1. The number of ketones is 2. The first-order valence-corrected chi connectivity index (χ1v) is 14.3. The Morgan fingerprint density at radius 3 is 1.89 bits per heavy atom. The van der Waals surface area contributed by atoms with Gasteiger partial charge in [-0.05, 0) is 65.2 Å². The molecule has 0 fully saturated rings. The fraction of sp³-hybridized carbons (Fsp3) is 0.0909. The van der Waals surface area contributed by atoms with Crippen LogP contribution in [0.4, 0.5) is 17.1 Å². The second kappa shape index (κ2) is 8.48. The predicted octanol–water partition coefficient (Wildman–Crippen LogP) is 9.05. The van der Waals surface area contributed by atoms with Crippen molar-refractivity contribution in [3.8, 4) is 10.4 Å². The third-order valence-corrected chi connectivity index (χ3v) is 9.42. The SMILES string of the molecule is CC1(C)c2cc(N(c3ccccc3)c3ccccc3)ccc2-c2sc(C=C3C(=O)c4cscc4C3=O)cc21. The van der Waals surface area contributed by atoms with E-state index in [9.17, 15) is 9.59 Å². The van der Waals surface area contributed by atoms with Crippen LogP contribution in [0, 0.1) is 0 Å². The van der Waals surface area contributed by atoms with Gasteiger partial charge < -0.3 is 4.90 Å².